The minimum absolute atomic E-state index is 0.0625. The van der Waals surface area contributed by atoms with E-state index in [9.17, 15) is 18.0 Å². The van der Waals surface area contributed by atoms with E-state index >= 15 is 0 Å². The summed E-state index contributed by atoms with van der Waals surface area (Å²) in [5.74, 6) is -0.858. The van der Waals surface area contributed by atoms with E-state index in [4.69, 9.17) is 23.2 Å². The monoisotopic (exact) mass is 499 g/mol. The molecule has 0 radical (unpaired) electrons. The van der Waals surface area contributed by atoms with Gasteiger partial charge in [0.15, 0.2) is 0 Å². The smallest absolute Gasteiger partial charge is 0.244 e. The molecule has 2 rings (SSSR count). The van der Waals surface area contributed by atoms with Crippen LogP contribution in [0.3, 0.4) is 0 Å². The zero-order chi connectivity index (χ0) is 24.1. The molecule has 1 N–H and O–H groups in total. The van der Waals surface area contributed by atoms with Crippen molar-refractivity contribution in [3.63, 3.8) is 0 Å². The highest BCUT2D eigenvalue weighted by molar-refractivity contribution is 7.92. The van der Waals surface area contributed by atoms with Gasteiger partial charge in [0.05, 0.1) is 22.0 Å². The van der Waals surface area contributed by atoms with Gasteiger partial charge in [-0.15, -0.1) is 0 Å². The number of sulfonamides is 1. The van der Waals surface area contributed by atoms with Gasteiger partial charge in [0.25, 0.3) is 0 Å². The quantitative estimate of drug-likeness (QED) is 0.570. The molecule has 2 amide bonds. The zero-order valence-electron chi connectivity index (χ0n) is 18.4. The molecule has 0 heterocycles. The minimum Gasteiger partial charge on any atom is -0.357 e. The summed E-state index contributed by atoms with van der Waals surface area (Å²) in [4.78, 5) is 27.3. The first kappa shape index (κ1) is 26.0. The van der Waals surface area contributed by atoms with Gasteiger partial charge in [-0.2, -0.15) is 0 Å². The van der Waals surface area contributed by atoms with E-state index in [2.05, 4.69) is 5.32 Å². The summed E-state index contributed by atoms with van der Waals surface area (Å²) in [5, 5.41) is 3.26. The molecular weight excluding hydrogens is 473 g/mol. The van der Waals surface area contributed by atoms with Crippen LogP contribution in [-0.2, 0) is 26.2 Å². The molecule has 0 spiro atoms. The number of para-hydroxylation sites is 1. The lowest BCUT2D eigenvalue weighted by Crippen LogP contribution is -2.51. The Morgan fingerprint density at radius 1 is 1.09 bits per heavy atom. The molecule has 32 heavy (non-hydrogen) atoms. The van der Waals surface area contributed by atoms with Crippen LogP contribution in [0.25, 0.3) is 0 Å². The molecule has 0 aromatic heterocycles. The first-order valence-corrected chi connectivity index (χ1v) is 12.6. The molecular formula is C22H27Cl2N3O4S. The third kappa shape index (κ3) is 6.37. The van der Waals surface area contributed by atoms with Crippen molar-refractivity contribution in [2.75, 3.05) is 24.2 Å². The second-order valence-corrected chi connectivity index (χ2v) is 10.1. The van der Waals surface area contributed by atoms with Crippen LogP contribution in [-0.4, -0.2) is 51.0 Å². The van der Waals surface area contributed by atoms with E-state index in [1.54, 1.807) is 56.3 Å². The summed E-state index contributed by atoms with van der Waals surface area (Å²) in [6, 6.07) is 11.1. The van der Waals surface area contributed by atoms with Crippen LogP contribution in [0, 0.1) is 6.92 Å². The molecule has 0 bridgehead atoms. The highest BCUT2D eigenvalue weighted by atomic mass is 35.5. The van der Waals surface area contributed by atoms with Gasteiger partial charge < -0.3 is 10.2 Å². The summed E-state index contributed by atoms with van der Waals surface area (Å²) in [5.41, 5.74) is 1.78. The van der Waals surface area contributed by atoms with E-state index in [-0.39, 0.29) is 12.5 Å². The Bertz CT molecular complexity index is 1090. The average Bonchev–Trinajstić information content (AvgIpc) is 2.73. The predicted molar refractivity (Wildman–Crippen MR) is 129 cm³/mol. The fourth-order valence-corrected chi connectivity index (χ4v) is 4.59. The molecule has 0 aliphatic rings. The summed E-state index contributed by atoms with van der Waals surface area (Å²) in [6.07, 6.45) is 1.39. The largest absolute Gasteiger partial charge is 0.357 e. The highest BCUT2D eigenvalue weighted by Gasteiger charge is 2.31. The average molecular weight is 500 g/mol. The summed E-state index contributed by atoms with van der Waals surface area (Å²) < 4.78 is 26.2. The summed E-state index contributed by atoms with van der Waals surface area (Å²) >= 11 is 12.1. The van der Waals surface area contributed by atoms with E-state index < -0.39 is 28.5 Å². The number of nitrogens with one attached hydrogen (secondary N) is 1. The van der Waals surface area contributed by atoms with Crippen LogP contribution in [0.1, 0.15) is 24.5 Å². The van der Waals surface area contributed by atoms with E-state index in [0.717, 1.165) is 10.6 Å². The first-order valence-electron chi connectivity index (χ1n) is 9.97. The Morgan fingerprint density at radius 2 is 1.75 bits per heavy atom. The molecule has 2 aromatic rings. The van der Waals surface area contributed by atoms with Crippen LogP contribution < -0.4 is 9.62 Å². The number of likely N-dealkylation sites (N-methyl/N-ethyl adjacent to an activating group) is 1. The van der Waals surface area contributed by atoms with Crippen LogP contribution in [0.4, 0.5) is 5.69 Å². The Hall–Kier alpha value is -2.29. The van der Waals surface area contributed by atoms with Crippen molar-refractivity contribution in [2.24, 2.45) is 0 Å². The SMILES string of the molecule is CC[C@H](C(=O)NC)N(Cc1ccc(Cl)c(Cl)c1)C(=O)CN(c1ccccc1C)S(C)(=O)=O. The van der Waals surface area contributed by atoms with Crippen molar-refractivity contribution >= 4 is 50.7 Å². The van der Waals surface area contributed by atoms with Crippen molar-refractivity contribution in [3.8, 4) is 0 Å². The van der Waals surface area contributed by atoms with Gasteiger partial charge in [-0.05, 0) is 42.7 Å². The molecule has 0 saturated carbocycles. The molecule has 7 nitrogen and oxygen atoms in total. The van der Waals surface area contributed by atoms with Gasteiger partial charge >= 0.3 is 0 Å². The number of amides is 2. The second kappa shape index (κ2) is 11.0. The number of benzene rings is 2. The fourth-order valence-electron chi connectivity index (χ4n) is 3.36. The molecule has 0 aliphatic heterocycles. The van der Waals surface area contributed by atoms with E-state index in [0.29, 0.717) is 33.3 Å². The van der Waals surface area contributed by atoms with Crippen molar-refractivity contribution in [3.05, 3.63) is 63.6 Å². The zero-order valence-corrected chi connectivity index (χ0v) is 20.8. The van der Waals surface area contributed by atoms with Gasteiger partial charge in [0.1, 0.15) is 12.6 Å². The number of nitrogens with zero attached hydrogens (tertiary/aromatic N) is 2. The third-order valence-corrected chi connectivity index (χ3v) is 6.90. The highest BCUT2D eigenvalue weighted by Crippen LogP contribution is 2.25. The van der Waals surface area contributed by atoms with Crippen molar-refractivity contribution in [2.45, 2.75) is 32.9 Å². The molecule has 2 aromatic carbocycles. The molecule has 0 fully saturated rings. The molecule has 174 valence electrons. The van der Waals surface area contributed by atoms with Gasteiger partial charge in [-0.25, -0.2) is 8.42 Å². The lowest BCUT2D eigenvalue weighted by atomic mass is 10.1. The number of halogens is 2. The lowest BCUT2D eigenvalue weighted by molar-refractivity contribution is -0.140. The number of hydrogen-bond donors (Lipinski definition) is 1. The van der Waals surface area contributed by atoms with Crippen molar-refractivity contribution < 1.29 is 18.0 Å². The maximum absolute atomic E-state index is 13.4. The normalized spacial score (nSPS) is 12.2. The Kier molecular flexibility index (Phi) is 8.95. The number of carbonyl (C=O) groups excluding carboxylic acids is 2. The van der Waals surface area contributed by atoms with Gasteiger partial charge in [0, 0.05) is 13.6 Å². The number of anilines is 1. The molecule has 10 heteroatoms. The molecule has 0 aliphatic carbocycles. The Balaban J connectivity index is 2.46. The second-order valence-electron chi connectivity index (χ2n) is 7.36. The first-order chi connectivity index (χ1) is 15.0. The molecule has 0 unspecified atom stereocenters. The maximum atomic E-state index is 13.4. The molecule has 0 saturated heterocycles. The predicted octanol–water partition coefficient (Wildman–Crippen LogP) is 3.62. The fraction of sp³-hybridized carbons (Fsp3) is 0.364. The number of aryl methyl sites for hydroxylation is 1. The topological polar surface area (TPSA) is 86.8 Å². The van der Waals surface area contributed by atoms with E-state index in [1.807, 2.05) is 0 Å². The van der Waals surface area contributed by atoms with Crippen molar-refractivity contribution in [1.82, 2.24) is 10.2 Å². The van der Waals surface area contributed by atoms with Gasteiger partial charge in [-0.3, -0.25) is 13.9 Å². The van der Waals surface area contributed by atoms with Crippen LogP contribution in [0.15, 0.2) is 42.5 Å². The number of hydrogen-bond acceptors (Lipinski definition) is 4. The van der Waals surface area contributed by atoms with Crippen molar-refractivity contribution in [1.29, 1.82) is 0 Å². The van der Waals surface area contributed by atoms with Crippen LogP contribution >= 0.6 is 23.2 Å². The van der Waals surface area contributed by atoms with E-state index in [1.165, 1.54) is 11.9 Å². The lowest BCUT2D eigenvalue weighted by Gasteiger charge is -2.33. The third-order valence-electron chi connectivity index (χ3n) is 5.03. The molecule has 1 atom stereocenters. The summed E-state index contributed by atoms with van der Waals surface area (Å²) in [6.45, 7) is 3.17. The van der Waals surface area contributed by atoms with Gasteiger partial charge in [0.2, 0.25) is 21.8 Å². The van der Waals surface area contributed by atoms with Crippen LogP contribution in [0.5, 0.6) is 0 Å². The standard InChI is InChI=1S/C22H27Cl2N3O4S/c1-5-19(22(29)25-3)26(13-16-10-11-17(23)18(24)12-16)21(28)14-27(32(4,30)31)20-9-7-6-8-15(20)2/h6-12,19H,5,13-14H2,1-4H3,(H,25,29)/t19-/m1/s1. The summed E-state index contributed by atoms with van der Waals surface area (Å²) in [7, 11) is -2.28. The van der Waals surface area contributed by atoms with Gasteiger partial charge in [-0.1, -0.05) is 54.4 Å². The minimum atomic E-state index is -3.77. The number of carbonyl (C=O) groups is 2. The number of rotatable bonds is 9. The van der Waals surface area contributed by atoms with Crippen LogP contribution in [0.2, 0.25) is 10.0 Å². The Labute approximate surface area is 199 Å². The maximum Gasteiger partial charge on any atom is 0.244 e. The Morgan fingerprint density at radius 3 is 2.28 bits per heavy atom.